The number of primary amides is 1. The molecule has 124 valence electrons. The van der Waals surface area contributed by atoms with Crippen LogP contribution in [0.5, 0.6) is 5.75 Å². The molecule has 1 aromatic carbocycles. The van der Waals surface area contributed by atoms with Gasteiger partial charge < -0.3 is 20.1 Å². The van der Waals surface area contributed by atoms with E-state index in [4.69, 9.17) is 15.2 Å². The zero-order valence-electron chi connectivity index (χ0n) is 13.1. The zero-order valence-corrected chi connectivity index (χ0v) is 13.1. The Bertz CT molecular complexity index is 607. The van der Waals surface area contributed by atoms with Crippen LogP contribution in [0.1, 0.15) is 6.92 Å². The topological polar surface area (TPSA) is 85.1 Å². The second kappa shape index (κ2) is 6.55. The minimum atomic E-state index is -0.822. The average molecular weight is 319 g/mol. The van der Waals surface area contributed by atoms with Crippen LogP contribution in [0.25, 0.3) is 0 Å². The van der Waals surface area contributed by atoms with Crippen LogP contribution in [0.4, 0.5) is 5.69 Å². The predicted octanol–water partition coefficient (Wildman–Crippen LogP) is -0.0134. The van der Waals surface area contributed by atoms with Crippen molar-refractivity contribution in [3.05, 3.63) is 24.3 Å². The van der Waals surface area contributed by atoms with Gasteiger partial charge in [0.2, 0.25) is 5.91 Å². The van der Waals surface area contributed by atoms with Gasteiger partial charge in [-0.25, -0.2) is 0 Å². The van der Waals surface area contributed by atoms with E-state index < -0.39 is 12.0 Å². The molecule has 0 spiro atoms. The molecule has 7 heteroatoms. The van der Waals surface area contributed by atoms with E-state index in [0.717, 1.165) is 13.1 Å². The highest BCUT2D eigenvalue weighted by Crippen LogP contribution is 2.33. The lowest BCUT2D eigenvalue weighted by molar-refractivity contribution is -0.126. The molecule has 2 N–H and O–H groups in total. The average Bonchev–Trinajstić information content (AvgIpc) is 2.53. The lowest BCUT2D eigenvalue weighted by Crippen LogP contribution is -2.53. The molecule has 0 unspecified atom stereocenters. The van der Waals surface area contributed by atoms with E-state index in [1.54, 1.807) is 17.0 Å². The number of carbonyl (C=O) groups excluding carboxylic acids is 2. The van der Waals surface area contributed by atoms with E-state index in [1.807, 2.05) is 19.1 Å². The Morgan fingerprint density at radius 3 is 2.83 bits per heavy atom. The summed E-state index contributed by atoms with van der Waals surface area (Å²) in [6.07, 6.45) is -0.704. The highest BCUT2D eigenvalue weighted by molar-refractivity contribution is 5.98. The summed E-state index contributed by atoms with van der Waals surface area (Å²) in [5.74, 6) is -0.135. The maximum atomic E-state index is 12.7. The fraction of sp³-hybridized carbons (Fsp3) is 0.500. The number of nitrogens with two attached hydrogens (primary N) is 1. The molecule has 0 bridgehead atoms. The molecule has 2 aliphatic rings. The second-order valence-corrected chi connectivity index (χ2v) is 5.90. The standard InChI is InChI=1S/C16H21N3O4/c1-11-8-18(6-7-22-11)10-15(20)19-9-14(16(17)21)23-13-5-3-2-4-12(13)19/h2-5,11,14H,6-10H2,1H3,(H2,17,21)/t11-,14+/m0/s1. The number of rotatable bonds is 3. The van der Waals surface area contributed by atoms with Crippen LogP contribution in [0.3, 0.4) is 0 Å². The van der Waals surface area contributed by atoms with Crippen LogP contribution < -0.4 is 15.4 Å². The van der Waals surface area contributed by atoms with Crippen molar-refractivity contribution < 1.29 is 19.1 Å². The van der Waals surface area contributed by atoms with Gasteiger partial charge in [0.1, 0.15) is 5.75 Å². The first kappa shape index (κ1) is 15.8. The van der Waals surface area contributed by atoms with Crippen molar-refractivity contribution in [1.82, 2.24) is 4.90 Å². The number of anilines is 1. The molecule has 2 atom stereocenters. The Balaban J connectivity index is 1.77. The maximum absolute atomic E-state index is 12.7. The Hall–Kier alpha value is -2.12. The first-order valence-corrected chi connectivity index (χ1v) is 7.74. The fourth-order valence-corrected chi connectivity index (χ4v) is 2.93. The Labute approximate surface area is 134 Å². The van der Waals surface area contributed by atoms with Crippen LogP contribution in [-0.4, -0.2) is 61.7 Å². The number of morpholine rings is 1. The highest BCUT2D eigenvalue weighted by Gasteiger charge is 2.33. The molecule has 0 saturated carbocycles. The summed E-state index contributed by atoms with van der Waals surface area (Å²) in [6, 6.07) is 7.19. The second-order valence-electron chi connectivity index (χ2n) is 5.90. The summed E-state index contributed by atoms with van der Waals surface area (Å²) in [5, 5.41) is 0. The number of para-hydroxylation sites is 2. The molecular formula is C16H21N3O4. The molecule has 1 fully saturated rings. The smallest absolute Gasteiger partial charge is 0.260 e. The van der Waals surface area contributed by atoms with E-state index in [1.165, 1.54) is 0 Å². The Morgan fingerprint density at radius 1 is 1.30 bits per heavy atom. The summed E-state index contributed by atoms with van der Waals surface area (Å²) in [5.41, 5.74) is 6.04. The van der Waals surface area contributed by atoms with E-state index in [-0.39, 0.29) is 25.1 Å². The summed E-state index contributed by atoms with van der Waals surface area (Å²) in [7, 11) is 0. The third-order valence-corrected chi connectivity index (χ3v) is 4.08. The lowest BCUT2D eigenvalue weighted by atomic mass is 10.1. The third kappa shape index (κ3) is 3.46. The number of hydrogen-bond acceptors (Lipinski definition) is 5. The SMILES string of the molecule is C[C@H]1CN(CC(=O)N2C[C@H](C(N)=O)Oc3ccccc32)CCO1. The van der Waals surface area contributed by atoms with Gasteiger partial charge in [0.15, 0.2) is 6.10 Å². The molecule has 0 aromatic heterocycles. The lowest BCUT2D eigenvalue weighted by Gasteiger charge is -2.36. The van der Waals surface area contributed by atoms with Crippen LogP contribution in [-0.2, 0) is 14.3 Å². The maximum Gasteiger partial charge on any atom is 0.260 e. The van der Waals surface area contributed by atoms with Gasteiger partial charge in [-0.05, 0) is 19.1 Å². The van der Waals surface area contributed by atoms with Crippen LogP contribution in [0.15, 0.2) is 24.3 Å². The van der Waals surface area contributed by atoms with E-state index in [0.29, 0.717) is 18.0 Å². The molecule has 2 aliphatic heterocycles. The number of fused-ring (bicyclic) bond motifs is 1. The number of amides is 2. The fourth-order valence-electron chi connectivity index (χ4n) is 2.93. The molecule has 1 aromatic rings. The first-order valence-electron chi connectivity index (χ1n) is 7.74. The van der Waals surface area contributed by atoms with Gasteiger partial charge in [0, 0.05) is 13.1 Å². The van der Waals surface area contributed by atoms with Crippen molar-refractivity contribution in [3.63, 3.8) is 0 Å². The first-order chi connectivity index (χ1) is 11.0. The molecule has 7 nitrogen and oxygen atoms in total. The van der Waals surface area contributed by atoms with Gasteiger partial charge in [-0.15, -0.1) is 0 Å². The van der Waals surface area contributed by atoms with Crippen molar-refractivity contribution >= 4 is 17.5 Å². The normalized spacial score (nSPS) is 24.7. The minimum Gasteiger partial charge on any atom is -0.477 e. The van der Waals surface area contributed by atoms with Gasteiger partial charge >= 0.3 is 0 Å². The van der Waals surface area contributed by atoms with Gasteiger partial charge in [0.05, 0.1) is 31.5 Å². The van der Waals surface area contributed by atoms with Crippen molar-refractivity contribution in [2.45, 2.75) is 19.1 Å². The molecule has 0 aliphatic carbocycles. The summed E-state index contributed by atoms with van der Waals surface area (Å²) >= 11 is 0. The van der Waals surface area contributed by atoms with Crippen molar-refractivity contribution in [2.24, 2.45) is 5.73 Å². The molecular weight excluding hydrogens is 298 g/mol. The minimum absolute atomic E-state index is 0.0684. The summed E-state index contributed by atoms with van der Waals surface area (Å²) in [6.45, 7) is 4.48. The number of ether oxygens (including phenoxy) is 2. The van der Waals surface area contributed by atoms with Gasteiger partial charge in [-0.1, -0.05) is 12.1 Å². The quantitative estimate of drug-likeness (QED) is 0.847. The number of nitrogens with zero attached hydrogens (tertiary/aromatic N) is 2. The van der Waals surface area contributed by atoms with Crippen molar-refractivity contribution in [3.8, 4) is 5.75 Å². The Kier molecular flexibility index (Phi) is 4.49. The Morgan fingerprint density at radius 2 is 2.09 bits per heavy atom. The van der Waals surface area contributed by atoms with Crippen molar-refractivity contribution in [2.75, 3.05) is 37.7 Å². The molecule has 1 saturated heterocycles. The van der Waals surface area contributed by atoms with Crippen molar-refractivity contribution in [1.29, 1.82) is 0 Å². The van der Waals surface area contributed by atoms with Crippen LogP contribution in [0.2, 0.25) is 0 Å². The number of hydrogen-bond donors (Lipinski definition) is 1. The molecule has 2 heterocycles. The van der Waals surface area contributed by atoms with Gasteiger partial charge in [0.25, 0.3) is 5.91 Å². The van der Waals surface area contributed by atoms with Gasteiger partial charge in [-0.2, -0.15) is 0 Å². The number of benzene rings is 1. The van der Waals surface area contributed by atoms with Crippen LogP contribution in [0, 0.1) is 0 Å². The molecule has 23 heavy (non-hydrogen) atoms. The monoisotopic (exact) mass is 319 g/mol. The molecule has 2 amide bonds. The van der Waals surface area contributed by atoms with Gasteiger partial charge in [-0.3, -0.25) is 14.5 Å². The summed E-state index contributed by atoms with van der Waals surface area (Å²) < 4.78 is 11.1. The zero-order chi connectivity index (χ0) is 16.4. The largest absolute Gasteiger partial charge is 0.477 e. The van der Waals surface area contributed by atoms with E-state index in [9.17, 15) is 9.59 Å². The van der Waals surface area contributed by atoms with Crippen LogP contribution >= 0.6 is 0 Å². The predicted molar refractivity (Wildman–Crippen MR) is 84.3 cm³/mol. The molecule has 0 radical (unpaired) electrons. The van der Waals surface area contributed by atoms with E-state index in [2.05, 4.69) is 4.90 Å². The molecule has 3 rings (SSSR count). The number of carbonyl (C=O) groups is 2. The third-order valence-electron chi connectivity index (χ3n) is 4.08. The highest BCUT2D eigenvalue weighted by atomic mass is 16.5. The van der Waals surface area contributed by atoms with E-state index >= 15 is 0 Å². The summed E-state index contributed by atoms with van der Waals surface area (Å²) in [4.78, 5) is 27.9.